The van der Waals surface area contributed by atoms with Crippen LogP contribution in [0.1, 0.15) is 18.2 Å². The summed E-state index contributed by atoms with van der Waals surface area (Å²) in [4.78, 5) is 6.59. The smallest absolute Gasteiger partial charge is 0.196 e. The topological polar surface area (TPSA) is 155 Å². The van der Waals surface area contributed by atoms with Crippen LogP contribution in [0, 0.1) is 3.57 Å². The van der Waals surface area contributed by atoms with Gasteiger partial charge in [-0.2, -0.15) is 5.10 Å². The molecule has 1 aliphatic rings. The van der Waals surface area contributed by atoms with Crippen molar-refractivity contribution in [3.63, 3.8) is 0 Å². The van der Waals surface area contributed by atoms with Crippen LogP contribution in [-0.4, -0.2) is 43.2 Å². The van der Waals surface area contributed by atoms with Crippen LogP contribution in [0.2, 0.25) is 0 Å². The minimum Gasteiger partial charge on any atom is -0.393 e. The van der Waals surface area contributed by atoms with E-state index >= 15 is 0 Å². The molecule has 1 aliphatic heterocycles. The highest BCUT2D eigenvalue weighted by Gasteiger charge is 2.48. The van der Waals surface area contributed by atoms with Gasteiger partial charge in [-0.1, -0.05) is 5.11 Å². The molecule has 0 saturated carbocycles. The fourth-order valence-corrected chi connectivity index (χ4v) is 3.38. The van der Waals surface area contributed by atoms with Crippen molar-refractivity contribution in [2.75, 3.05) is 12.3 Å². The van der Waals surface area contributed by atoms with Gasteiger partial charge in [0, 0.05) is 14.9 Å². The summed E-state index contributed by atoms with van der Waals surface area (Å²) in [5.41, 5.74) is 14.1. The highest BCUT2D eigenvalue weighted by Crippen LogP contribution is 2.41. The van der Waals surface area contributed by atoms with Gasteiger partial charge in [-0.15, -0.1) is 0 Å². The van der Waals surface area contributed by atoms with E-state index in [2.05, 4.69) is 42.7 Å². The van der Waals surface area contributed by atoms with Crippen LogP contribution >= 0.6 is 22.6 Å². The van der Waals surface area contributed by atoms with Crippen molar-refractivity contribution in [1.29, 1.82) is 0 Å². The van der Waals surface area contributed by atoms with Gasteiger partial charge in [-0.05, 0) is 34.2 Å². The Labute approximate surface area is 137 Å². The first-order chi connectivity index (χ1) is 10.5. The lowest BCUT2D eigenvalue weighted by molar-refractivity contribution is -0.108. The molecule has 0 radical (unpaired) electrons. The van der Waals surface area contributed by atoms with Crippen LogP contribution in [0.25, 0.3) is 16.0 Å². The highest BCUT2D eigenvalue weighted by molar-refractivity contribution is 14.1. The number of aromatic nitrogens is 3. The Morgan fingerprint density at radius 3 is 3.14 bits per heavy atom. The van der Waals surface area contributed by atoms with E-state index in [0.29, 0.717) is 17.0 Å². The van der Waals surface area contributed by atoms with Gasteiger partial charge in [0.2, 0.25) is 0 Å². The first-order valence-electron chi connectivity index (χ1n) is 6.33. The molecule has 22 heavy (non-hydrogen) atoms. The quantitative estimate of drug-likeness (QED) is 0.290. The van der Waals surface area contributed by atoms with Crippen LogP contribution in [-0.2, 0) is 4.74 Å². The molecule has 2 aromatic heterocycles. The number of nitrogens with zero attached hydrogens (tertiary/aromatic N) is 6. The highest BCUT2D eigenvalue weighted by atomic mass is 127. The second kappa shape index (κ2) is 5.52. The lowest BCUT2D eigenvalue weighted by Crippen LogP contribution is -2.40. The fraction of sp³-hybridized carbons (Fsp3) is 0.455. The Balaban J connectivity index is 2.07. The van der Waals surface area contributed by atoms with Gasteiger partial charge in [0.05, 0.1) is 18.4 Å². The first kappa shape index (κ1) is 15.2. The molecule has 3 heterocycles. The average Bonchev–Trinajstić information content (AvgIpc) is 2.99. The SMILES string of the molecule is [N-]=[N+]=N[C@]1(CO)O[C@@H](c2cc(I)c3c(N)ncnn23)C[C@@H]1O. The molecule has 2 aromatic rings. The average molecular weight is 417 g/mol. The molecule has 0 amide bonds. The summed E-state index contributed by atoms with van der Waals surface area (Å²) in [7, 11) is 0. The Kier molecular flexibility index (Phi) is 3.82. The van der Waals surface area contributed by atoms with Crippen LogP contribution in [0.5, 0.6) is 0 Å². The number of nitrogen functional groups attached to an aromatic ring is 1. The number of azide groups is 1. The van der Waals surface area contributed by atoms with Crippen molar-refractivity contribution in [2.45, 2.75) is 24.4 Å². The van der Waals surface area contributed by atoms with E-state index in [1.54, 1.807) is 4.52 Å². The zero-order chi connectivity index (χ0) is 15.9. The summed E-state index contributed by atoms with van der Waals surface area (Å²) in [6, 6.07) is 1.81. The van der Waals surface area contributed by atoms with Gasteiger partial charge in [0.25, 0.3) is 0 Å². The number of nitrogens with two attached hydrogens (primary N) is 1. The van der Waals surface area contributed by atoms with E-state index in [1.165, 1.54) is 6.33 Å². The van der Waals surface area contributed by atoms with E-state index in [4.69, 9.17) is 16.0 Å². The van der Waals surface area contributed by atoms with E-state index < -0.39 is 24.5 Å². The molecule has 0 bridgehead atoms. The Bertz CT molecular complexity index is 774. The Morgan fingerprint density at radius 2 is 2.45 bits per heavy atom. The zero-order valence-electron chi connectivity index (χ0n) is 11.2. The van der Waals surface area contributed by atoms with E-state index in [9.17, 15) is 10.2 Å². The molecular weight excluding hydrogens is 405 g/mol. The summed E-state index contributed by atoms with van der Waals surface area (Å²) in [5, 5.41) is 27.1. The molecule has 1 saturated heterocycles. The third-order valence-electron chi connectivity index (χ3n) is 3.64. The van der Waals surface area contributed by atoms with Gasteiger partial charge in [-0.3, -0.25) is 0 Å². The maximum absolute atomic E-state index is 10.1. The first-order valence-corrected chi connectivity index (χ1v) is 7.41. The van der Waals surface area contributed by atoms with E-state index in [1.807, 2.05) is 6.07 Å². The lowest BCUT2D eigenvalue weighted by Gasteiger charge is -2.23. The van der Waals surface area contributed by atoms with Crippen molar-refractivity contribution in [3.8, 4) is 0 Å². The van der Waals surface area contributed by atoms with Crippen LogP contribution in [0.3, 0.4) is 0 Å². The number of ether oxygens (including phenoxy) is 1. The van der Waals surface area contributed by atoms with Crippen molar-refractivity contribution in [3.05, 3.63) is 32.1 Å². The van der Waals surface area contributed by atoms with Gasteiger partial charge in [0.15, 0.2) is 11.5 Å². The number of anilines is 1. The summed E-state index contributed by atoms with van der Waals surface area (Å²) >= 11 is 2.10. The standard InChI is InChI=1S/C11H12IN7O3/c12-5-1-6(19-9(5)10(13)15-4-16-19)7-2-8(21)11(3-20,22-7)17-18-14/h1,4,7-8,20-21H,2-3H2,(H2,13,15,16)/t7-,8+,11-/m1/s1. The molecule has 3 atom stereocenters. The summed E-state index contributed by atoms with van der Waals surface area (Å²) in [5.74, 6) is 0.327. The number of hydrogen-bond donors (Lipinski definition) is 3. The Hall–Kier alpha value is -1.66. The fourth-order valence-electron chi connectivity index (χ4n) is 2.56. The van der Waals surface area contributed by atoms with Gasteiger partial charge in [0.1, 0.15) is 17.9 Å². The van der Waals surface area contributed by atoms with Gasteiger partial charge >= 0.3 is 0 Å². The van der Waals surface area contributed by atoms with Crippen molar-refractivity contribution in [2.24, 2.45) is 5.11 Å². The molecule has 1 fully saturated rings. The molecule has 11 heteroatoms. The number of hydrogen-bond acceptors (Lipinski definition) is 7. The van der Waals surface area contributed by atoms with Gasteiger partial charge in [-0.25, -0.2) is 9.50 Å². The summed E-state index contributed by atoms with van der Waals surface area (Å²) in [6.45, 7) is -0.619. The Morgan fingerprint density at radius 1 is 1.68 bits per heavy atom. The maximum atomic E-state index is 10.1. The number of halogens is 1. The molecule has 10 nitrogen and oxygen atoms in total. The van der Waals surface area contributed by atoms with Crippen molar-refractivity contribution < 1.29 is 14.9 Å². The molecule has 0 aliphatic carbocycles. The predicted molar refractivity (Wildman–Crippen MR) is 83.5 cm³/mol. The molecule has 0 unspecified atom stereocenters. The molecule has 0 spiro atoms. The normalized spacial score (nSPS) is 28.0. The van der Waals surface area contributed by atoms with E-state index in [0.717, 1.165) is 3.57 Å². The van der Waals surface area contributed by atoms with Crippen molar-refractivity contribution >= 4 is 33.9 Å². The van der Waals surface area contributed by atoms with Gasteiger partial charge < -0.3 is 20.7 Å². The summed E-state index contributed by atoms with van der Waals surface area (Å²) in [6.07, 6.45) is -0.245. The minimum absolute atomic E-state index is 0.158. The monoisotopic (exact) mass is 417 g/mol. The third kappa shape index (κ3) is 2.18. The van der Waals surface area contributed by atoms with Crippen molar-refractivity contribution in [1.82, 2.24) is 14.6 Å². The number of aliphatic hydroxyl groups is 2. The molecular formula is C11H12IN7O3. The molecule has 0 aromatic carbocycles. The minimum atomic E-state index is -1.69. The number of aliphatic hydroxyl groups excluding tert-OH is 2. The predicted octanol–water partition coefficient (Wildman–Crippen LogP) is 0.737. The number of fused-ring (bicyclic) bond motifs is 1. The second-order valence-corrected chi connectivity index (χ2v) is 6.04. The third-order valence-corrected chi connectivity index (χ3v) is 4.46. The molecule has 116 valence electrons. The molecule has 4 N–H and O–H groups in total. The van der Waals surface area contributed by atoms with Crippen LogP contribution in [0.15, 0.2) is 17.5 Å². The van der Waals surface area contributed by atoms with E-state index in [-0.39, 0.29) is 6.42 Å². The molecule has 3 rings (SSSR count). The van der Waals surface area contributed by atoms with Crippen LogP contribution in [0.4, 0.5) is 5.82 Å². The maximum Gasteiger partial charge on any atom is 0.196 e. The largest absolute Gasteiger partial charge is 0.393 e. The zero-order valence-corrected chi connectivity index (χ0v) is 13.3. The number of rotatable bonds is 3. The summed E-state index contributed by atoms with van der Waals surface area (Å²) < 4.78 is 8.05. The second-order valence-electron chi connectivity index (χ2n) is 4.87. The van der Waals surface area contributed by atoms with Crippen LogP contribution < -0.4 is 5.73 Å². The lowest BCUT2D eigenvalue weighted by atomic mass is 10.1.